The number of rotatable bonds is 2. The second-order valence-corrected chi connectivity index (χ2v) is 2.21. The van der Waals surface area contributed by atoms with Crippen molar-refractivity contribution in [3.05, 3.63) is 18.6 Å². The van der Waals surface area contributed by atoms with Gasteiger partial charge in [0.25, 0.3) is 0 Å². The minimum Gasteiger partial charge on any atom is -0.481 e. The summed E-state index contributed by atoms with van der Waals surface area (Å²) >= 11 is 0. The molecule has 1 N–H and O–H groups in total. The number of hydrogen-bond acceptors (Lipinski definition) is 1. The first kappa shape index (κ1) is 6.20. The van der Waals surface area contributed by atoms with Crippen LogP contribution in [0.25, 0.3) is 0 Å². The van der Waals surface area contributed by atoms with Gasteiger partial charge in [0.15, 0.2) is 0 Å². The van der Waals surface area contributed by atoms with Crippen molar-refractivity contribution in [1.29, 1.82) is 0 Å². The molecule has 2 heteroatoms. The third-order valence-corrected chi connectivity index (χ3v) is 1.40. The third kappa shape index (κ3) is 1.80. The van der Waals surface area contributed by atoms with Gasteiger partial charge in [-0.05, 0) is 0 Å². The van der Waals surface area contributed by atoms with Crippen molar-refractivity contribution >= 4 is 5.97 Å². The highest BCUT2D eigenvalue weighted by atomic mass is 16.4. The predicted octanol–water partition coefficient (Wildman–Crippen LogP) is 1.24. The molecule has 1 unspecified atom stereocenters. The van der Waals surface area contributed by atoms with Gasteiger partial charge in [-0.2, -0.15) is 0 Å². The second kappa shape index (κ2) is 2.58. The highest BCUT2D eigenvalue weighted by Crippen LogP contribution is 2.18. The summed E-state index contributed by atoms with van der Waals surface area (Å²) in [4.78, 5) is 10.1. The lowest BCUT2D eigenvalue weighted by molar-refractivity contribution is -0.137. The first-order valence-electron chi connectivity index (χ1n) is 3.01. The van der Waals surface area contributed by atoms with E-state index in [0.29, 0.717) is 0 Å². The summed E-state index contributed by atoms with van der Waals surface area (Å²) in [5.74, 6) is -0.456. The first-order valence-corrected chi connectivity index (χ1v) is 3.01. The Kier molecular flexibility index (Phi) is 1.78. The van der Waals surface area contributed by atoms with Gasteiger partial charge in [-0.3, -0.25) is 4.79 Å². The van der Waals surface area contributed by atoms with Crippen LogP contribution >= 0.6 is 0 Å². The lowest BCUT2D eigenvalue weighted by Gasteiger charge is -1.93. The maximum absolute atomic E-state index is 10.1. The van der Waals surface area contributed by atoms with Gasteiger partial charge in [-0.1, -0.05) is 0 Å². The van der Waals surface area contributed by atoms with Gasteiger partial charge in [0.05, 0.1) is 24.8 Å². The Balaban J connectivity index is 2.28. The normalized spacial score (nSPS) is 23.8. The van der Waals surface area contributed by atoms with E-state index in [-0.39, 0.29) is 12.3 Å². The van der Waals surface area contributed by atoms with E-state index in [0.717, 1.165) is 6.42 Å². The Morgan fingerprint density at radius 2 is 2.67 bits per heavy atom. The van der Waals surface area contributed by atoms with Crippen LogP contribution < -0.4 is 0 Å². The first-order chi connectivity index (χ1) is 4.29. The molecule has 2 nitrogen and oxygen atoms in total. The Hall–Kier alpha value is -0.920. The highest BCUT2D eigenvalue weighted by Gasteiger charge is 2.19. The number of allylic oxidation sites excluding steroid dienone is 2. The average molecular weight is 125 g/mol. The molecule has 0 saturated carbocycles. The molecule has 1 rings (SSSR count). The molecule has 1 atom stereocenters. The van der Waals surface area contributed by atoms with Crippen molar-refractivity contribution < 1.29 is 9.90 Å². The van der Waals surface area contributed by atoms with E-state index in [4.69, 9.17) is 5.11 Å². The predicted molar refractivity (Wildman–Crippen MR) is 33.8 cm³/mol. The standard InChI is InChI=1S/C7H8O2/c8-7(9)5-6-3-1-2-4-6/h1-3,6H,4-5H2/p+1. The van der Waals surface area contributed by atoms with Crippen molar-refractivity contribution in [2.75, 3.05) is 0 Å². The summed E-state index contributed by atoms with van der Waals surface area (Å²) in [6.07, 6.45) is 7.02. The third-order valence-electron chi connectivity index (χ3n) is 1.40. The number of carboxylic acid groups (broad SMARTS) is 1. The highest BCUT2D eigenvalue weighted by molar-refractivity contribution is 5.67. The number of carboxylic acids is 1. The van der Waals surface area contributed by atoms with Gasteiger partial charge >= 0.3 is 5.97 Å². The lowest BCUT2D eigenvalue weighted by Crippen LogP contribution is -2.02. The number of carbonyl (C=O) groups is 1. The summed E-state index contributed by atoms with van der Waals surface area (Å²) in [5, 5.41) is 8.33. The topological polar surface area (TPSA) is 37.3 Å². The van der Waals surface area contributed by atoms with Gasteiger partial charge in [-0.15, -0.1) is 0 Å². The van der Waals surface area contributed by atoms with E-state index in [1.54, 1.807) is 0 Å². The lowest BCUT2D eigenvalue weighted by atomic mass is 10.1. The van der Waals surface area contributed by atoms with E-state index in [1.165, 1.54) is 0 Å². The molecule has 0 fully saturated rings. The quantitative estimate of drug-likeness (QED) is 0.564. The van der Waals surface area contributed by atoms with Crippen molar-refractivity contribution in [3.63, 3.8) is 0 Å². The molecule has 1 aliphatic rings. The minimum atomic E-state index is -0.708. The summed E-state index contributed by atoms with van der Waals surface area (Å²) in [6.45, 7) is 0. The van der Waals surface area contributed by atoms with Gasteiger partial charge in [-0.25, -0.2) is 0 Å². The minimum absolute atomic E-state index is 0.252. The molecule has 0 aliphatic heterocycles. The summed E-state index contributed by atoms with van der Waals surface area (Å²) in [5.41, 5.74) is 0. The monoisotopic (exact) mass is 125 g/mol. The number of hydrogen-bond donors (Lipinski definition) is 1. The molecule has 0 aromatic heterocycles. The fourth-order valence-electron chi connectivity index (χ4n) is 0.943. The van der Waals surface area contributed by atoms with E-state index < -0.39 is 5.97 Å². The van der Waals surface area contributed by atoms with Crippen molar-refractivity contribution in [3.8, 4) is 0 Å². The molecule has 0 saturated heterocycles. The zero-order valence-corrected chi connectivity index (χ0v) is 5.08. The maximum atomic E-state index is 10.1. The van der Waals surface area contributed by atoms with Gasteiger partial charge in [0.2, 0.25) is 0 Å². The summed E-state index contributed by atoms with van der Waals surface area (Å²) in [6, 6.07) is 0. The molecular weight excluding hydrogens is 116 g/mol. The molecule has 0 aromatic rings. The van der Waals surface area contributed by atoms with E-state index in [2.05, 4.69) is 0 Å². The van der Waals surface area contributed by atoms with Crippen LogP contribution in [0.3, 0.4) is 0 Å². The van der Waals surface area contributed by atoms with Crippen molar-refractivity contribution in [2.45, 2.75) is 12.8 Å². The van der Waals surface area contributed by atoms with E-state index >= 15 is 0 Å². The Labute approximate surface area is 54.2 Å². The molecule has 48 valence electrons. The van der Waals surface area contributed by atoms with Crippen LogP contribution in [-0.2, 0) is 4.79 Å². The smallest absolute Gasteiger partial charge is 0.305 e. The van der Waals surface area contributed by atoms with Crippen LogP contribution in [0.4, 0.5) is 0 Å². The molecule has 1 aliphatic carbocycles. The van der Waals surface area contributed by atoms with Crippen LogP contribution in [-0.4, -0.2) is 11.1 Å². The van der Waals surface area contributed by atoms with Gasteiger partial charge < -0.3 is 5.11 Å². The summed E-state index contributed by atoms with van der Waals surface area (Å²) in [7, 11) is 0. The molecule has 0 aromatic carbocycles. The average Bonchev–Trinajstić information content (AvgIpc) is 2.15. The van der Waals surface area contributed by atoms with E-state index in [9.17, 15) is 4.79 Å². The SMILES string of the molecule is O=C(O)CC1C=C[CH+]C1. The van der Waals surface area contributed by atoms with Crippen molar-refractivity contribution in [2.24, 2.45) is 5.92 Å². The Bertz CT molecular complexity index is 138. The van der Waals surface area contributed by atoms with Crippen LogP contribution in [0.15, 0.2) is 12.2 Å². The molecule has 0 bridgehead atoms. The van der Waals surface area contributed by atoms with Crippen LogP contribution in [0.5, 0.6) is 0 Å². The second-order valence-electron chi connectivity index (χ2n) is 2.21. The molecular formula is C7H9O2+. The largest absolute Gasteiger partial charge is 0.481 e. The Morgan fingerprint density at radius 1 is 1.89 bits per heavy atom. The van der Waals surface area contributed by atoms with Gasteiger partial charge in [0.1, 0.15) is 0 Å². The zero-order valence-electron chi connectivity index (χ0n) is 5.08. The molecule has 0 amide bonds. The summed E-state index contributed by atoms with van der Waals surface area (Å²) < 4.78 is 0. The molecule has 0 heterocycles. The van der Waals surface area contributed by atoms with E-state index in [1.807, 2.05) is 18.6 Å². The van der Waals surface area contributed by atoms with Crippen LogP contribution in [0.1, 0.15) is 12.8 Å². The Morgan fingerprint density at radius 3 is 3.11 bits per heavy atom. The molecule has 0 spiro atoms. The zero-order chi connectivity index (χ0) is 6.69. The van der Waals surface area contributed by atoms with Gasteiger partial charge in [0, 0.05) is 12.5 Å². The van der Waals surface area contributed by atoms with Crippen LogP contribution in [0.2, 0.25) is 0 Å². The maximum Gasteiger partial charge on any atom is 0.305 e. The molecule has 9 heavy (non-hydrogen) atoms. The van der Waals surface area contributed by atoms with Crippen molar-refractivity contribution in [1.82, 2.24) is 0 Å². The fourth-order valence-corrected chi connectivity index (χ4v) is 0.943. The number of aliphatic carboxylic acids is 1. The fraction of sp³-hybridized carbons (Fsp3) is 0.429. The molecule has 0 radical (unpaired) electrons. The van der Waals surface area contributed by atoms with Crippen LogP contribution in [0, 0.1) is 12.3 Å².